The molecule has 4 nitrogen and oxygen atoms in total. The molecule has 5 heteroatoms. The Hall–Kier alpha value is -2.43. The van der Waals surface area contributed by atoms with Crippen molar-refractivity contribution >= 4 is 11.6 Å². The topological polar surface area (TPSA) is 54.0 Å². The minimum Gasteiger partial charge on any atom is -0.383 e. The maximum Gasteiger partial charge on any atom is 0.252 e. The molecule has 0 aliphatic rings. The molecular weight excluding hydrogens is 305 g/mol. The molecular formula is C19H24FN3O. The molecule has 2 rings (SSSR count). The maximum atomic E-state index is 13.6. The Balaban J connectivity index is 1.86. The number of halogens is 1. The summed E-state index contributed by atoms with van der Waals surface area (Å²) in [7, 11) is 0. The van der Waals surface area contributed by atoms with Crippen molar-refractivity contribution in [1.82, 2.24) is 10.3 Å². The third kappa shape index (κ3) is 5.65. The summed E-state index contributed by atoms with van der Waals surface area (Å²) in [6.45, 7) is 5.46. The first-order valence-corrected chi connectivity index (χ1v) is 8.27. The van der Waals surface area contributed by atoms with E-state index in [0.717, 1.165) is 12.1 Å². The molecule has 1 aromatic carbocycles. The maximum absolute atomic E-state index is 13.6. The number of hydrogen-bond acceptors (Lipinski definition) is 3. The molecule has 0 fully saturated rings. The van der Waals surface area contributed by atoms with Gasteiger partial charge in [0.2, 0.25) is 0 Å². The number of aromatic nitrogens is 1. The number of hydrogen-bond donors (Lipinski definition) is 2. The number of pyridine rings is 1. The highest BCUT2D eigenvalue weighted by molar-refractivity contribution is 5.94. The molecule has 2 N–H and O–H groups in total. The number of carbonyl (C=O) groups is 1. The van der Waals surface area contributed by atoms with E-state index >= 15 is 0 Å². The van der Waals surface area contributed by atoms with Crippen LogP contribution in [-0.2, 0) is 6.42 Å². The van der Waals surface area contributed by atoms with E-state index in [-0.39, 0.29) is 11.7 Å². The lowest BCUT2D eigenvalue weighted by Gasteiger charge is -2.10. The molecule has 0 radical (unpaired) electrons. The first-order valence-electron chi connectivity index (χ1n) is 8.27. The normalized spacial score (nSPS) is 10.7. The Kier molecular flexibility index (Phi) is 6.73. The predicted molar refractivity (Wildman–Crippen MR) is 94.6 cm³/mol. The van der Waals surface area contributed by atoms with Gasteiger partial charge in [0.15, 0.2) is 0 Å². The Morgan fingerprint density at radius 2 is 2.00 bits per heavy atom. The van der Waals surface area contributed by atoms with E-state index in [9.17, 15) is 9.18 Å². The molecule has 1 amide bonds. The van der Waals surface area contributed by atoms with Crippen LogP contribution in [0.5, 0.6) is 0 Å². The van der Waals surface area contributed by atoms with Crippen LogP contribution in [0.2, 0.25) is 0 Å². The number of nitrogens with zero attached hydrogens (tertiary/aromatic N) is 1. The van der Waals surface area contributed by atoms with E-state index < -0.39 is 0 Å². The number of rotatable bonds is 8. The van der Waals surface area contributed by atoms with E-state index in [1.807, 2.05) is 6.07 Å². The van der Waals surface area contributed by atoms with Crippen LogP contribution in [0.25, 0.3) is 0 Å². The lowest BCUT2D eigenvalue weighted by molar-refractivity contribution is 0.0951. The third-order valence-corrected chi connectivity index (χ3v) is 3.69. The molecule has 1 aromatic heterocycles. The summed E-state index contributed by atoms with van der Waals surface area (Å²) in [6, 6.07) is 8.49. The molecule has 0 aliphatic carbocycles. The highest BCUT2D eigenvalue weighted by Gasteiger charge is 2.07. The smallest absolute Gasteiger partial charge is 0.252 e. The molecule has 128 valence electrons. The monoisotopic (exact) mass is 329 g/mol. The second-order valence-electron chi connectivity index (χ2n) is 6.17. The predicted octanol–water partition coefficient (Wildman–Crippen LogP) is 3.65. The Bertz CT molecular complexity index is 673. The van der Waals surface area contributed by atoms with E-state index in [1.54, 1.807) is 30.6 Å². The second kappa shape index (κ2) is 9.01. The number of amides is 1. The van der Waals surface area contributed by atoms with E-state index in [0.29, 0.717) is 36.6 Å². The van der Waals surface area contributed by atoms with Crippen molar-refractivity contribution in [2.24, 2.45) is 5.92 Å². The number of nitrogens with one attached hydrogen (secondary N) is 2. The van der Waals surface area contributed by atoms with Crippen LogP contribution in [0, 0.1) is 11.7 Å². The van der Waals surface area contributed by atoms with Gasteiger partial charge in [-0.3, -0.25) is 9.78 Å². The Morgan fingerprint density at radius 3 is 2.75 bits per heavy atom. The molecule has 0 saturated heterocycles. The summed E-state index contributed by atoms with van der Waals surface area (Å²) in [4.78, 5) is 16.2. The summed E-state index contributed by atoms with van der Waals surface area (Å²) < 4.78 is 13.6. The lowest BCUT2D eigenvalue weighted by atomic mass is 10.1. The van der Waals surface area contributed by atoms with Gasteiger partial charge in [0.1, 0.15) is 5.82 Å². The van der Waals surface area contributed by atoms with Crippen molar-refractivity contribution < 1.29 is 9.18 Å². The highest BCUT2D eigenvalue weighted by atomic mass is 19.1. The molecule has 0 bridgehead atoms. The average Bonchev–Trinajstić information content (AvgIpc) is 2.56. The van der Waals surface area contributed by atoms with Crippen LogP contribution in [0.3, 0.4) is 0 Å². The van der Waals surface area contributed by atoms with Gasteiger partial charge in [-0.1, -0.05) is 32.0 Å². The van der Waals surface area contributed by atoms with E-state index in [4.69, 9.17) is 0 Å². The van der Waals surface area contributed by atoms with Gasteiger partial charge >= 0.3 is 0 Å². The zero-order chi connectivity index (χ0) is 17.4. The summed E-state index contributed by atoms with van der Waals surface area (Å²) in [6.07, 6.45) is 4.72. The quantitative estimate of drug-likeness (QED) is 0.777. The number of carbonyl (C=O) groups excluding carboxylic acids is 1. The number of benzene rings is 1. The molecule has 0 saturated carbocycles. The highest BCUT2D eigenvalue weighted by Crippen LogP contribution is 2.11. The summed E-state index contributed by atoms with van der Waals surface area (Å²) in [5.74, 6) is 0.228. The van der Waals surface area contributed by atoms with Crippen molar-refractivity contribution in [2.75, 3.05) is 18.4 Å². The van der Waals surface area contributed by atoms with E-state index in [2.05, 4.69) is 29.5 Å². The van der Waals surface area contributed by atoms with Gasteiger partial charge in [-0.15, -0.1) is 0 Å². The van der Waals surface area contributed by atoms with Gasteiger partial charge in [0, 0.05) is 25.5 Å². The van der Waals surface area contributed by atoms with Gasteiger partial charge < -0.3 is 10.6 Å². The third-order valence-electron chi connectivity index (χ3n) is 3.69. The minimum absolute atomic E-state index is 0.124. The van der Waals surface area contributed by atoms with Crippen LogP contribution >= 0.6 is 0 Å². The molecule has 0 spiro atoms. The van der Waals surface area contributed by atoms with Crippen LogP contribution in [-0.4, -0.2) is 24.0 Å². The minimum atomic E-state index is -0.198. The summed E-state index contributed by atoms with van der Waals surface area (Å²) in [5.41, 5.74) is 1.94. The van der Waals surface area contributed by atoms with Crippen molar-refractivity contribution in [2.45, 2.75) is 26.7 Å². The standard InChI is InChI=1S/C19H24FN3O/c1-14(2)7-9-23-19(24)16-11-17(13-21-12-16)22-10-8-15-5-3-4-6-18(15)20/h3-6,11-14,22H,7-10H2,1-2H3,(H,23,24). The molecule has 2 aromatic rings. The van der Waals surface area contributed by atoms with Crippen molar-refractivity contribution in [3.63, 3.8) is 0 Å². The zero-order valence-electron chi connectivity index (χ0n) is 14.2. The number of anilines is 1. The van der Waals surface area contributed by atoms with Gasteiger partial charge in [-0.2, -0.15) is 0 Å². The fourth-order valence-corrected chi connectivity index (χ4v) is 2.28. The van der Waals surface area contributed by atoms with Crippen LogP contribution in [0.15, 0.2) is 42.7 Å². The molecule has 0 unspecified atom stereocenters. The first kappa shape index (κ1) is 17.9. The van der Waals surface area contributed by atoms with Gasteiger partial charge in [0.25, 0.3) is 5.91 Å². The van der Waals surface area contributed by atoms with Gasteiger partial charge in [-0.05, 0) is 36.5 Å². The van der Waals surface area contributed by atoms with Crippen molar-refractivity contribution in [3.8, 4) is 0 Å². The van der Waals surface area contributed by atoms with Crippen LogP contribution in [0.1, 0.15) is 36.2 Å². The fourth-order valence-electron chi connectivity index (χ4n) is 2.28. The van der Waals surface area contributed by atoms with E-state index in [1.165, 1.54) is 6.07 Å². The van der Waals surface area contributed by atoms with Gasteiger partial charge in [-0.25, -0.2) is 4.39 Å². The average molecular weight is 329 g/mol. The SMILES string of the molecule is CC(C)CCNC(=O)c1cncc(NCCc2ccccc2F)c1. The van der Waals surface area contributed by atoms with Crippen molar-refractivity contribution in [1.29, 1.82) is 0 Å². The molecule has 24 heavy (non-hydrogen) atoms. The summed E-state index contributed by atoms with van der Waals surface area (Å²) >= 11 is 0. The first-order chi connectivity index (χ1) is 11.6. The van der Waals surface area contributed by atoms with Crippen LogP contribution < -0.4 is 10.6 Å². The lowest BCUT2D eigenvalue weighted by Crippen LogP contribution is -2.25. The molecule has 1 heterocycles. The summed E-state index contributed by atoms with van der Waals surface area (Å²) in [5, 5.41) is 6.07. The fraction of sp³-hybridized carbons (Fsp3) is 0.368. The van der Waals surface area contributed by atoms with Gasteiger partial charge in [0.05, 0.1) is 11.3 Å². The Labute approximate surface area is 142 Å². The van der Waals surface area contributed by atoms with Crippen molar-refractivity contribution in [3.05, 3.63) is 59.7 Å². The largest absolute Gasteiger partial charge is 0.383 e. The second-order valence-corrected chi connectivity index (χ2v) is 6.17. The zero-order valence-corrected chi connectivity index (χ0v) is 14.2. The Morgan fingerprint density at radius 1 is 1.21 bits per heavy atom. The molecule has 0 atom stereocenters. The molecule has 0 aliphatic heterocycles. The van der Waals surface area contributed by atoms with Crippen LogP contribution in [0.4, 0.5) is 10.1 Å².